The highest BCUT2D eigenvalue weighted by Gasteiger charge is 2.11. The summed E-state index contributed by atoms with van der Waals surface area (Å²) in [7, 11) is 0. The first-order chi connectivity index (χ1) is 10.2. The minimum Gasteiger partial charge on any atom is -0.478 e. The number of carbonyl (C=O) groups is 1. The van der Waals surface area contributed by atoms with Gasteiger partial charge in [-0.2, -0.15) is 10.2 Å². The van der Waals surface area contributed by atoms with E-state index >= 15 is 0 Å². The minimum absolute atomic E-state index is 0.224. The molecule has 6 heteroatoms. The summed E-state index contributed by atoms with van der Waals surface area (Å²) in [4.78, 5) is 15.8. The van der Waals surface area contributed by atoms with E-state index in [1.54, 1.807) is 30.5 Å². The number of hydrogen-bond donors (Lipinski definition) is 2. The predicted molar refractivity (Wildman–Crippen MR) is 78.1 cm³/mol. The maximum Gasteiger partial charge on any atom is 0.336 e. The Labute approximate surface area is 120 Å². The van der Waals surface area contributed by atoms with Gasteiger partial charge >= 0.3 is 5.97 Å². The lowest BCUT2D eigenvalue weighted by atomic mass is 10.1. The molecule has 3 rings (SSSR count). The van der Waals surface area contributed by atoms with Crippen molar-refractivity contribution in [2.24, 2.45) is 0 Å². The van der Waals surface area contributed by atoms with Gasteiger partial charge in [0.25, 0.3) is 0 Å². The summed E-state index contributed by atoms with van der Waals surface area (Å²) in [5.41, 5.74) is 1.62. The Morgan fingerprint density at radius 1 is 1.19 bits per heavy atom. The van der Waals surface area contributed by atoms with Crippen LogP contribution in [0.2, 0.25) is 0 Å². The fourth-order valence-corrected chi connectivity index (χ4v) is 2.05. The summed E-state index contributed by atoms with van der Waals surface area (Å²) in [5, 5.41) is 20.8. The van der Waals surface area contributed by atoms with Crippen LogP contribution in [0.4, 0.5) is 5.82 Å². The molecule has 0 radical (unpaired) electrons. The molecule has 0 fully saturated rings. The zero-order valence-corrected chi connectivity index (χ0v) is 11.0. The first kappa shape index (κ1) is 13.0. The van der Waals surface area contributed by atoms with Crippen molar-refractivity contribution in [1.82, 2.24) is 15.2 Å². The number of carboxylic acids is 1. The molecule has 0 unspecified atom stereocenters. The molecule has 0 bridgehead atoms. The monoisotopic (exact) mass is 280 g/mol. The predicted octanol–water partition coefficient (Wildman–Crippen LogP) is 2.34. The normalized spacial score (nSPS) is 10.5. The van der Waals surface area contributed by atoms with Crippen LogP contribution in [0, 0.1) is 0 Å². The third kappa shape index (κ3) is 2.79. The number of carboxylic acid groups (broad SMARTS) is 1. The van der Waals surface area contributed by atoms with Crippen molar-refractivity contribution in [1.29, 1.82) is 0 Å². The number of nitrogens with one attached hydrogen (secondary N) is 1. The molecule has 0 aliphatic rings. The Bertz CT molecular complexity index is 790. The van der Waals surface area contributed by atoms with Crippen molar-refractivity contribution in [3.63, 3.8) is 0 Å². The van der Waals surface area contributed by atoms with Gasteiger partial charge in [0.05, 0.1) is 23.3 Å². The van der Waals surface area contributed by atoms with Gasteiger partial charge in [0, 0.05) is 11.6 Å². The molecule has 21 heavy (non-hydrogen) atoms. The number of hydrogen-bond acceptors (Lipinski definition) is 5. The van der Waals surface area contributed by atoms with Gasteiger partial charge in [-0.3, -0.25) is 0 Å². The van der Waals surface area contributed by atoms with E-state index < -0.39 is 5.97 Å². The number of para-hydroxylation sites is 1. The van der Waals surface area contributed by atoms with Crippen molar-refractivity contribution in [2.75, 3.05) is 5.32 Å². The van der Waals surface area contributed by atoms with Gasteiger partial charge in [0.2, 0.25) is 0 Å². The molecule has 1 aromatic carbocycles. The van der Waals surface area contributed by atoms with Crippen LogP contribution in [0.15, 0.2) is 48.7 Å². The fourth-order valence-electron chi connectivity index (χ4n) is 2.05. The summed E-state index contributed by atoms with van der Waals surface area (Å²) in [6.45, 7) is 0.429. The second kappa shape index (κ2) is 5.54. The van der Waals surface area contributed by atoms with Crippen LogP contribution in [-0.4, -0.2) is 26.3 Å². The Hall–Kier alpha value is -3.02. The molecule has 104 valence electrons. The lowest BCUT2D eigenvalue weighted by Gasteiger charge is -2.08. The summed E-state index contributed by atoms with van der Waals surface area (Å²) in [6, 6.07) is 12.3. The van der Waals surface area contributed by atoms with E-state index in [2.05, 4.69) is 20.5 Å². The number of benzene rings is 1. The summed E-state index contributed by atoms with van der Waals surface area (Å²) in [6.07, 6.45) is 1.60. The van der Waals surface area contributed by atoms with E-state index in [9.17, 15) is 9.90 Å². The molecule has 2 aromatic heterocycles. The van der Waals surface area contributed by atoms with Crippen molar-refractivity contribution >= 4 is 22.7 Å². The highest BCUT2D eigenvalue weighted by atomic mass is 16.4. The summed E-state index contributed by atoms with van der Waals surface area (Å²) >= 11 is 0. The topological polar surface area (TPSA) is 88.0 Å². The van der Waals surface area contributed by atoms with Crippen LogP contribution in [0.5, 0.6) is 0 Å². The summed E-state index contributed by atoms with van der Waals surface area (Å²) < 4.78 is 0. The molecule has 3 aromatic rings. The van der Waals surface area contributed by atoms with Gasteiger partial charge in [0.1, 0.15) is 5.82 Å². The number of aromatic nitrogens is 3. The number of nitrogens with zero attached hydrogens (tertiary/aromatic N) is 3. The SMILES string of the molecule is O=C(O)c1cc(NCc2cccnn2)nc2ccccc12. The molecule has 0 saturated heterocycles. The quantitative estimate of drug-likeness (QED) is 0.762. The highest BCUT2D eigenvalue weighted by molar-refractivity contribution is 6.03. The van der Waals surface area contributed by atoms with Crippen molar-refractivity contribution in [2.45, 2.75) is 6.54 Å². The molecule has 6 nitrogen and oxygen atoms in total. The van der Waals surface area contributed by atoms with E-state index in [4.69, 9.17) is 0 Å². The van der Waals surface area contributed by atoms with Gasteiger partial charge in [-0.15, -0.1) is 0 Å². The maximum absolute atomic E-state index is 11.4. The van der Waals surface area contributed by atoms with Crippen molar-refractivity contribution in [3.8, 4) is 0 Å². The first-order valence-corrected chi connectivity index (χ1v) is 6.37. The molecular weight excluding hydrogens is 268 g/mol. The smallest absolute Gasteiger partial charge is 0.336 e. The lowest BCUT2D eigenvalue weighted by Crippen LogP contribution is -2.06. The summed E-state index contributed by atoms with van der Waals surface area (Å²) in [5.74, 6) is -0.479. The molecule has 0 amide bonds. The highest BCUT2D eigenvalue weighted by Crippen LogP contribution is 2.21. The van der Waals surface area contributed by atoms with E-state index in [1.165, 1.54) is 6.07 Å². The zero-order valence-electron chi connectivity index (χ0n) is 11.0. The van der Waals surface area contributed by atoms with E-state index in [1.807, 2.05) is 12.1 Å². The van der Waals surface area contributed by atoms with Crippen LogP contribution in [-0.2, 0) is 6.54 Å². The van der Waals surface area contributed by atoms with Gasteiger partial charge in [-0.25, -0.2) is 9.78 Å². The standard InChI is InChI=1S/C15H12N4O2/c20-15(21)12-8-14(16-9-10-4-3-7-17-19-10)18-13-6-2-1-5-11(12)13/h1-8H,9H2,(H,16,18)(H,20,21). The molecule has 0 aliphatic heterocycles. The third-order valence-corrected chi connectivity index (χ3v) is 3.02. The third-order valence-electron chi connectivity index (χ3n) is 3.02. The van der Waals surface area contributed by atoms with Crippen molar-refractivity contribution in [3.05, 3.63) is 59.9 Å². The van der Waals surface area contributed by atoms with E-state index in [0.717, 1.165) is 5.69 Å². The zero-order chi connectivity index (χ0) is 14.7. The van der Waals surface area contributed by atoms with E-state index in [-0.39, 0.29) is 5.56 Å². The van der Waals surface area contributed by atoms with Crippen LogP contribution in [0.1, 0.15) is 16.1 Å². The molecule has 0 aliphatic carbocycles. The molecule has 0 atom stereocenters. The number of aromatic carboxylic acids is 1. The molecule has 0 saturated carbocycles. The first-order valence-electron chi connectivity index (χ1n) is 6.37. The van der Waals surface area contributed by atoms with Crippen LogP contribution in [0.3, 0.4) is 0 Å². The van der Waals surface area contributed by atoms with Crippen LogP contribution >= 0.6 is 0 Å². The molecular formula is C15H12N4O2. The van der Waals surface area contributed by atoms with Gasteiger partial charge < -0.3 is 10.4 Å². The molecule has 0 spiro atoms. The Morgan fingerprint density at radius 2 is 2.05 bits per heavy atom. The average Bonchev–Trinajstić information content (AvgIpc) is 2.53. The largest absolute Gasteiger partial charge is 0.478 e. The van der Waals surface area contributed by atoms with E-state index in [0.29, 0.717) is 23.3 Å². The average molecular weight is 280 g/mol. The second-order valence-electron chi connectivity index (χ2n) is 4.45. The number of rotatable bonds is 4. The maximum atomic E-state index is 11.4. The van der Waals surface area contributed by atoms with Gasteiger partial charge in [-0.1, -0.05) is 18.2 Å². The minimum atomic E-state index is -0.976. The van der Waals surface area contributed by atoms with Crippen molar-refractivity contribution < 1.29 is 9.90 Å². The fraction of sp³-hybridized carbons (Fsp3) is 0.0667. The number of anilines is 1. The lowest BCUT2D eigenvalue weighted by molar-refractivity contribution is 0.0699. The molecule has 2 N–H and O–H groups in total. The van der Waals surface area contributed by atoms with Gasteiger partial charge in [-0.05, 0) is 24.3 Å². The number of pyridine rings is 1. The van der Waals surface area contributed by atoms with Crippen LogP contribution < -0.4 is 5.32 Å². The molecule has 2 heterocycles. The Balaban J connectivity index is 1.94. The van der Waals surface area contributed by atoms with Crippen LogP contribution in [0.25, 0.3) is 10.9 Å². The number of fused-ring (bicyclic) bond motifs is 1. The Morgan fingerprint density at radius 3 is 2.81 bits per heavy atom. The Kier molecular flexibility index (Phi) is 3.42. The second-order valence-corrected chi connectivity index (χ2v) is 4.45. The van der Waals surface area contributed by atoms with Gasteiger partial charge in [0.15, 0.2) is 0 Å².